The van der Waals surface area contributed by atoms with E-state index in [2.05, 4.69) is 21.2 Å². The van der Waals surface area contributed by atoms with Crippen molar-refractivity contribution in [3.8, 4) is 0 Å². The number of carbonyl (C=O) groups is 1. The van der Waals surface area contributed by atoms with Gasteiger partial charge in [-0.2, -0.15) is 0 Å². The minimum Gasteiger partial charge on any atom is -0.398 e. The highest BCUT2D eigenvalue weighted by Gasteiger charge is 2.17. The van der Waals surface area contributed by atoms with Gasteiger partial charge in [-0.15, -0.1) is 0 Å². The number of nitro groups is 1. The molecule has 0 spiro atoms. The van der Waals surface area contributed by atoms with Crippen LogP contribution in [0.4, 0.5) is 17.1 Å². The molecule has 0 saturated carbocycles. The zero-order valence-corrected chi connectivity index (χ0v) is 11.8. The molecule has 0 radical (unpaired) electrons. The van der Waals surface area contributed by atoms with Gasteiger partial charge >= 0.3 is 0 Å². The molecule has 0 heterocycles. The average molecular weight is 336 g/mol. The van der Waals surface area contributed by atoms with E-state index in [1.54, 1.807) is 24.3 Å². The molecule has 2 rings (SSSR count). The lowest BCUT2D eigenvalue weighted by Crippen LogP contribution is -2.15. The van der Waals surface area contributed by atoms with Crippen LogP contribution in [-0.2, 0) is 0 Å². The van der Waals surface area contributed by atoms with Gasteiger partial charge in [0.2, 0.25) is 0 Å². The highest BCUT2D eigenvalue weighted by atomic mass is 79.9. The van der Waals surface area contributed by atoms with E-state index in [1.165, 1.54) is 18.2 Å². The lowest BCUT2D eigenvalue weighted by atomic mass is 10.1. The molecule has 102 valence electrons. The fraction of sp³-hybridized carbons (Fsp3) is 0. The van der Waals surface area contributed by atoms with E-state index in [4.69, 9.17) is 5.73 Å². The van der Waals surface area contributed by atoms with Crippen LogP contribution in [0.2, 0.25) is 0 Å². The summed E-state index contributed by atoms with van der Waals surface area (Å²) in [4.78, 5) is 22.5. The lowest BCUT2D eigenvalue weighted by Gasteiger charge is -2.08. The Labute approximate surface area is 122 Å². The molecule has 2 aromatic carbocycles. The van der Waals surface area contributed by atoms with Gasteiger partial charge in [-0.1, -0.05) is 28.1 Å². The number of benzene rings is 2. The Morgan fingerprint density at radius 3 is 2.65 bits per heavy atom. The Bertz CT molecular complexity index is 688. The summed E-state index contributed by atoms with van der Waals surface area (Å²) < 4.78 is 0.694. The summed E-state index contributed by atoms with van der Waals surface area (Å²) in [6.07, 6.45) is 0. The molecule has 3 N–H and O–H groups in total. The van der Waals surface area contributed by atoms with Crippen LogP contribution in [-0.4, -0.2) is 10.8 Å². The van der Waals surface area contributed by atoms with Crippen LogP contribution in [0.1, 0.15) is 10.4 Å². The molecule has 0 unspecified atom stereocenters. The summed E-state index contributed by atoms with van der Waals surface area (Å²) >= 11 is 3.24. The molecule has 1 amide bonds. The lowest BCUT2D eigenvalue weighted by molar-refractivity contribution is -0.383. The van der Waals surface area contributed by atoms with Crippen LogP contribution in [0, 0.1) is 10.1 Å². The van der Waals surface area contributed by atoms with Crippen LogP contribution in [0.25, 0.3) is 0 Å². The van der Waals surface area contributed by atoms with Crippen molar-refractivity contribution >= 4 is 38.9 Å². The summed E-state index contributed by atoms with van der Waals surface area (Å²) in [6.45, 7) is 0. The molecule has 0 aliphatic rings. The number of halogens is 1. The van der Waals surface area contributed by atoms with E-state index in [9.17, 15) is 14.9 Å². The number of nitrogens with one attached hydrogen (secondary N) is 1. The first-order valence-electron chi connectivity index (χ1n) is 5.59. The van der Waals surface area contributed by atoms with Gasteiger partial charge in [-0.05, 0) is 24.3 Å². The molecular formula is C13H10BrN3O3. The van der Waals surface area contributed by atoms with Crippen molar-refractivity contribution in [1.29, 1.82) is 0 Å². The number of para-hydroxylation sites is 2. The van der Waals surface area contributed by atoms with Crippen molar-refractivity contribution in [2.75, 3.05) is 11.1 Å². The van der Waals surface area contributed by atoms with Gasteiger partial charge in [0, 0.05) is 16.2 Å². The molecule has 0 aliphatic heterocycles. The molecular weight excluding hydrogens is 326 g/mol. The van der Waals surface area contributed by atoms with Gasteiger partial charge in [-0.3, -0.25) is 14.9 Å². The quantitative estimate of drug-likeness (QED) is 0.511. The molecule has 20 heavy (non-hydrogen) atoms. The molecule has 7 heteroatoms. The summed E-state index contributed by atoms with van der Waals surface area (Å²) in [5.41, 5.74) is 6.22. The third-order valence-electron chi connectivity index (χ3n) is 2.61. The summed E-state index contributed by atoms with van der Waals surface area (Å²) in [5, 5.41) is 13.4. The molecule has 6 nitrogen and oxygen atoms in total. The van der Waals surface area contributed by atoms with Crippen molar-refractivity contribution in [3.63, 3.8) is 0 Å². The van der Waals surface area contributed by atoms with E-state index in [0.717, 1.165) is 0 Å². The molecule has 0 bridgehead atoms. The fourth-order valence-electron chi connectivity index (χ4n) is 1.65. The normalized spacial score (nSPS) is 10.1. The molecule has 0 atom stereocenters. The van der Waals surface area contributed by atoms with Crippen molar-refractivity contribution in [3.05, 3.63) is 62.6 Å². The van der Waals surface area contributed by atoms with E-state index >= 15 is 0 Å². The van der Waals surface area contributed by atoms with Crippen molar-refractivity contribution in [2.45, 2.75) is 0 Å². The third-order valence-corrected chi connectivity index (χ3v) is 3.10. The van der Waals surface area contributed by atoms with E-state index < -0.39 is 10.8 Å². The number of nitrogen functional groups attached to an aromatic ring is 1. The van der Waals surface area contributed by atoms with Crippen molar-refractivity contribution in [2.24, 2.45) is 0 Å². The molecule has 2 aromatic rings. The number of nitrogens with zero attached hydrogens (tertiary/aromatic N) is 1. The maximum atomic E-state index is 12.1. The maximum Gasteiger partial charge on any atom is 0.292 e. The number of rotatable bonds is 3. The van der Waals surface area contributed by atoms with Crippen LogP contribution < -0.4 is 11.1 Å². The Hall–Kier alpha value is -2.41. The monoisotopic (exact) mass is 335 g/mol. The number of nitrogens with two attached hydrogens (primary N) is 1. The van der Waals surface area contributed by atoms with Gasteiger partial charge in [0.1, 0.15) is 5.69 Å². The Balaban J connectivity index is 2.33. The number of amides is 1. The largest absolute Gasteiger partial charge is 0.398 e. The Morgan fingerprint density at radius 2 is 1.95 bits per heavy atom. The highest BCUT2D eigenvalue weighted by Crippen LogP contribution is 2.25. The Morgan fingerprint density at radius 1 is 1.25 bits per heavy atom. The van der Waals surface area contributed by atoms with E-state index in [0.29, 0.717) is 10.2 Å². The van der Waals surface area contributed by atoms with Crippen LogP contribution >= 0.6 is 15.9 Å². The first-order chi connectivity index (χ1) is 9.49. The second kappa shape index (κ2) is 5.70. The summed E-state index contributed by atoms with van der Waals surface area (Å²) in [7, 11) is 0. The average Bonchev–Trinajstić information content (AvgIpc) is 2.41. The number of nitro benzene ring substituents is 1. The first-order valence-corrected chi connectivity index (χ1v) is 6.38. The van der Waals surface area contributed by atoms with Gasteiger partial charge in [0.15, 0.2) is 0 Å². The number of anilines is 2. The zero-order chi connectivity index (χ0) is 14.7. The molecule has 0 aromatic heterocycles. The minimum atomic E-state index is -0.556. The number of hydrogen-bond donors (Lipinski definition) is 2. The minimum absolute atomic E-state index is 0.127. The summed E-state index contributed by atoms with van der Waals surface area (Å²) in [5.74, 6) is -0.502. The van der Waals surface area contributed by atoms with Gasteiger partial charge in [0.25, 0.3) is 11.6 Å². The van der Waals surface area contributed by atoms with Gasteiger partial charge in [0.05, 0.1) is 10.5 Å². The topological polar surface area (TPSA) is 98.3 Å². The fourth-order valence-corrected chi connectivity index (χ4v) is 2.01. The van der Waals surface area contributed by atoms with Crippen LogP contribution in [0.15, 0.2) is 46.9 Å². The highest BCUT2D eigenvalue weighted by molar-refractivity contribution is 9.10. The molecule has 0 fully saturated rings. The van der Waals surface area contributed by atoms with Crippen LogP contribution in [0.3, 0.4) is 0 Å². The number of carbonyl (C=O) groups excluding carboxylic acids is 1. The predicted molar refractivity (Wildman–Crippen MR) is 79.6 cm³/mol. The van der Waals surface area contributed by atoms with Crippen molar-refractivity contribution < 1.29 is 9.72 Å². The SMILES string of the molecule is Nc1ccc(Br)cc1C(=O)Nc1ccccc1[N+](=O)[O-]. The smallest absolute Gasteiger partial charge is 0.292 e. The first kappa shape index (κ1) is 14.0. The van der Waals surface area contributed by atoms with Gasteiger partial charge in [-0.25, -0.2) is 0 Å². The Kier molecular flexibility index (Phi) is 3.99. The standard InChI is InChI=1S/C13H10BrN3O3/c14-8-5-6-10(15)9(7-8)13(18)16-11-3-1-2-4-12(11)17(19)20/h1-7H,15H2,(H,16,18). The second-order valence-electron chi connectivity index (χ2n) is 3.96. The third kappa shape index (κ3) is 2.94. The van der Waals surface area contributed by atoms with Crippen LogP contribution in [0.5, 0.6) is 0 Å². The predicted octanol–water partition coefficient (Wildman–Crippen LogP) is 3.19. The van der Waals surface area contributed by atoms with E-state index in [-0.39, 0.29) is 16.9 Å². The molecule has 0 aliphatic carbocycles. The van der Waals surface area contributed by atoms with Crippen molar-refractivity contribution in [1.82, 2.24) is 0 Å². The van der Waals surface area contributed by atoms with E-state index in [1.807, 2.05) is 0 Å². The van der Waals surface area contributed by atoms with Gasteiger partial charge < -0.3 is 11.1 Å². The second-order valence-corrected chi connectivity index (χ2v) is 4.88. The molecule has 0 saturated heterocycles. The number of hydrogen-bond acceptors (Lipinski definition) is 4. The zero-order valence-electron chi connectivity index (χ0n) is 10.2. The summed E-state index contributed by atoms with van der Waals surface area (Å²) in [6, 6.07) is 10.8. The maximum absolute atomic E-state index is 12.1.